The van der Waals surface area contributed by atoms with Crippen LogP contribution in [0, 0.1) is 11.9 Å². The molecule has 0 radical (unpaired) electrons. The zero-order valence-electron chi connectivity index (χ0n) is 23.1. The standard InChI is InChI=1S/C28H24ClF2N9O3/c1-28(2,3)43-27(42)34-21-9-6-17(24(30)33-21)23-25(31)36-26(35-23)20-8-5-16-10-14(11-22(41)40(16)20)18-12-15(29)4-7-19(18)39-13-32-37-38-39/h4,6-7,9-13,20H,5,8H2,1-3H3,(H,35,36)(H,33,34,42)/t20-/m0/s1. The van der Waals surface area contributed by atoms with Gasteiger partial charge in [0.15, 0.2) is 0 Å². The quantitative estimate of drug-likeness (QED) is 0.263. The molecule has 0 aliphatic carbocycles. The van der Waals surface area contributed by atoms with Gasteiger partial charge in [0.05, 0.1) is 17.3 Å². The number of rotatable bonds is 5. The number of aromatic nitrogens is 8. The predicted octanol–water partition coefficient (Wildman–Crippen LogP) is 5.09. The molecule has 5 heterocycles. The summed E-state index contributed by atoms with van der Waals surface area (Å²) in [6.45, 7) is 5.06. The zero-order valence-corrected chi connectivity index (χ0v) is 23.9. The van der Waals surface area contributed by atoms with Crippen LogP contribution in [0.2, 0.25) is 5.02 Å². The Morgan fingerprint density at radius 3 is 2.65 bits per heavy atom. The van der Waals surface area contributed by atoms with Gasteiger partial charge in [0.2, 0.25) is 11.9 Å². The zero-order chi connectivity index (χ0) is 30.5. The molecule has 6 rings (SSSR count). The molecule has 4 aromatic heterocycles. The highest BCUT2D eigenvalue weighted by Gasteiger charge is 2.30. The summed E-state index contributed by atoms with van der Waals surface area (Å²) >= 11 is 6.27. The highest BCUT2D eigenvalue weighted by atomic mass is 35.5. The third-order valence-electron chi connectivity index (χ3n) is 6.73. The van der Waals surface area contributed by atoms with E-state index in [2.05, 4.69) is 35.8 Å². The molecule has 0 fully saturated rings. The molecule has 1 aliphatic heterocycles. The third-order valence-corrected chi connectivity index (χ3v) is 6.96. The van der Waals surface area contributed by atoms with Crippen LogP contribution in [-0.4, -0.2) is 51.4 Å². The number of fused-ring (bicyclic) bond motifs is 1. The van der Waals surface area contributed by atoms with Crippen molar-refractivity contribution in [1.82, 2.24) is 39.7 Å². The van der Waals surface area contributed by atoms with Crippen molar-refractivity contribution in [3.8, 4) is 28.1 Å². The number of ether oxygens (including phenoxy) is 1. The molecule has 43 heavy (non-hydrogen) atoms. The van der Waals surface area contributed by atoms with Crippen LogP contribution >= 0.6 is 11.6 Å². The molecule has 1 aliphatic rings. The normalized spacial score (nSPS) is 14.5. The van der Waals surface area contributed by atoms with E-state index in [0.29, 0.717) is 40.4 Å². The second-order valence-electron chi connectivity index (χ2n) is 10.9. The molecule has 0 bridgehead atoms. The molecule has 0 saturated carbocycles. The number of aryl methyl sites for hydroxylation is 1. The van der Waals surface area contributed by atoms with Crippen molar-refractivity contribution in [2.24, 2.45) is 0 Å². The van der Waals surface area contributed by atoms with Crippen LogP contribution in [0.5, 0.6) is 0 Å². The van der Waals surface area contributed by atoms with E-state index in [-0.39, 0.29) is 28.5 Å². The van der Waals surface area contributed by atoms with Crippen LogP contribution in [0.4, 0.5) is 19.4 Å². The number of H-pyrrole nitrogens is 1. The number of hydrogen-bond acceptors (Lipinski definition) is 8. The molecule has 2 N–H and O–H groups in total. The van der Waals surface area contributed by atoms with Gasteiger partial charge in [-0.25, -0.2) is 14.8 Å². The molecule has 0 saturated heterocycles. The van der Waals surface area contributed by atoms with Gasteiger partial charge in [-0.1, -0.05) is 11.6 Å². The number of amides is 1. The number of carbonyl (C=O) groups excluding carboxylic acids is 1. The minimum Gasteiger partial charge on any atom is -0.444 e. The number of imidazole rings is 1. The fraction of sp³-hybridized carbons (Fsp3) is 0.250. The molecule has 1 atom stereocenters. The summed E-state index contributed by atoms with van der Waals surface area (Å²) in [5.41, 5.74) is 1.01. The number of tetrazole rings is 1. The summed E-state index contributed by atoms with van der Waals surface area (Å²) in [7, 11) is 0. The third kappa shape index (κ3) is 5.60. The molecule has 12 nitrogen and oxygen atoms in total. The van der Waals surface area contributed by atoms with Crippen LogP contribution in [0.1, 0.15) is 44.8 Å². The van der Waals surface area contributed by atoms with E-state index in [0.717, 1.165) is 0 Å². The molecule has 1 aromatic carbocycles. The minimum absolute atomic E-state index is 0.110. The number of hydrogen-bond donors (Lipinski definition) is 2. The molecule has 0 spiro atoms. The lowest BCUT2D eigenvalue weighted by molar-refractivity contribution is 0.0635. The van der Waals surface area contributed by atoms with Gasteiger partial charge in [0.25, 0.3) is 5.56 Å². The van der Waals surface area contributed by atoms with E-state index in [1.54, 1.807) is 39.0 Å². The number of benzene rings is 1. The van der Waals surface area contributed by atoms with Gasteiger partial charge in [-0.3, -0.25) is 10.1 Å². The lowest BCUT2D eigenvalue weighted by Gasteiger charge is -2.19. The van der Waals surface area contributed by atoms with Crippen molar-refractivity contribution in [1.29, 1.82) is 0 Å². The van der Waals surface area contributed by atoms with E-state index >= 15 is 4.39 Å². The van der Waals surface area contributed by atoms with E-state index in [4.69, 9.17) is 16.3 Å². The molecule has 15 heteroatoms. The van der Waals surface area contributed by atoms with E-state index in [1.165, 1.54) is 33.8 Å². The van der Waals surface area contributed by atoms with Crippen molar-refractivity contribution < 1.29 is 18.3 Å². The van der Waals surface area contributed by atoms with Crippen LogP contribution in [0.15, 0.2) is 53.6 Å². The number of pyridine rings is 2. The topological polar surface area (TPSA) is 146 Å². The molecule has 5 aromatic rings. The Balaban J connectivity index is 1.29. The predicted molar refractivity (Wildman–Crippen MR) is 152 cm³/mol. The first kappa shape index (κ1) is 28.2. The summed E-state index contributed by atoms with van der Waals surface area (Å²) in [6.07, 6.45) is 1.60. The maximum atomic E-state index is 15.1. The SMILES string of the molecule is CC(C)(C)OC(=O)Nc1ccc(-c2nc([C@@H]3CCc4cc(-c5cc(Cl)ccc5-n5cnnn5)cc(=O)n43)[nH]c2F)c(F)n1. The lowest BCUT2D eigenvalue weighted by atomic mass is 10.0. The smallest absolute Gasteiger partial charge is 0.413 e. The number of halogens is 3. The van der Waals surface area contributed by atoms with Gasteiger partial charge < -0.3 is 14.3 Å². The van der Waals surface area contributed by atoms with Crippen LogP contribution in [-0.2, 0) is 11.2 Å². The Morgan fingerprint density at radius 1 is 1.12 bits per heavy atom. The first-order valence-electron chi connectivity index (χ1n) is 13.2. The van der Waals surface area contributed by atoms with Crippen LogP contribution < -0.4 is 10.9 Å². The van der Waals surface area contributed by atoms with E-state index < -0.39 is 29.6 Å². The second-order valence-corrected chi connectivity index (χ2v) is 11.3. The molecular formula is C28H24ClF2N9O3. The Kier molecular flexibility index (Phi) is 7.00. The average molecular weight is 608 g/mol. The first-order valence-corrected chi connectivity index (χ1v) is 13.6. The fourth-order valence-electron chi connectivity index (χ4n) is 5.01. The largest absolute Gasteiger partial charge is 0.444 e. The van der Waals surface area contributed by atoms with Gasteiger partial charge in [-0.05, 0) is 86.0 Å². The Hall–Kier alpha value is -4.98. The highest BCUT2D eigenvalue weighted by Crippen LogP contribution is 2.35. The van der Waals surface area contributed by atoms with Crippen molar-refractivity contribution in [2.45, 2.75) is 45.3 Å². The Morgan fingerprint density at radius 2 is 1.93 bits per heavy atom. The summed E-state index contributed by atoms with van der Waals surface area (Å²) in [4.78, 5) is 36.0. The number of nitrogens with zero attached hydrogens (tertiary/aromatic N) is 7. The molecule has 0 unspecified atom stereocenters. The van der Waals surface area contributed by atoms with Crippen molar-refractivity contribution >= 4 is 23.5 Å². The van der Waals surface area contributed by atoms with Crippen molar-refractivity contribution in [2.75, 3.05) is 5.32 Å². The van der Waals surface area contributed by atoms with Crippen LogP contribution in [0.3, 0.4) is 0 Å². The van der Waals surface area contributed by atoms with Gasteiger partial charge in [0, 0.05) is 22.3 Å². The number of aromatic amines is 1. The summed E-state index contributed by atoms with van der Waals surface area (Å²) < 4.78 is 38.2. The maximum absolute atomic E-state index is 15.1. The second kappa shape index (κ2) is 10.7. The van der Waals surface area contributed by atoms with Gasteiger partial charge in [0.1, 0.15) is 29.3 Å². The lowest BCUT2D eigenvalue weighted by Crippen LogP contribution is -2.27. The van der Waals surface area contributed by atoms with Crippen molar-refractivity contribution in [3.63, 3.8) is 0 Å². The van der Waals surface area contributed by atoms with Gasteiger partial charge in [-0.2, -0.15) is 13.5 Å². The Labute approximate surface area is 247 Å². The number of nitrogens with one attached hydrogen (secondary N) is 2. The number of anilines is 1. The Bertz CT molecular complexity index is 1920. The van der Waals surface area contributed by atoms with E-state index in [1.807, 2.05) is 6.07 Å². The minimum atomic E-state index is -1.04. The summed E-state index contributed by atoms with van der Waals surface area (Å²) in [6, 6.07) is 10.5. The summed E-state index contributed by atoms with van der Waals surface area (Å²) in [5, 5.41) is 14.1. The van der Waals surface area contributed by atoms with Gasteiger partial charge in [-0.15, -0.1) is 5.10 Å². The van der Waals surface area contributed by atoms with Crippen LogP contribution in [0.25, 0.3) is 28.1 Å². The molecule has 220 valence electrons. The van der Waals surface area contributed by atoms with E-state index in [9.17, 15) is 14.0 Å². The monoisotopic (exact) mass is 607 g/mol. The van der Waals surface area contributed by atoms with Crippen molar-refractivity contribution in [3.05, 3.63) is 87.6 Å². The average Bonchev–Trinajstić information content (AvgIpc) is 3.68. The molecular weight excluding hydrogens is 584 g/mol. The fourth-order valence-corrected chi connectivity index (χ4v) is 5.19. The maximum Gasteiger partial charge on any atom is 0.413 e. The number of carbonyl (C=O) groups is 1. The first-order chi connectivity index (χ1) is 20.5. The molecule has 1 amide bonds. The summed E-state index contributed by atoms with van der Waals surface area (Å²) in [5.74, 6) is -1.87. The van der Waals surface area contributed by atoms with Gasteiger partial charge >= 0.3 is 6.09 Å². The highest BCUT2D eigenvalue weighted by molar-refractivity contribution is 6.31.